The summed E-state index contributed by atoms with van der Waals surface area (Å²) in [6, 6.07) is 12.5. The zero-order chi connectivity index (χ0) is 17.2. The average molecular weight is 374 g/mol. The fourth-order valence-corrected chi connectivity index (χ4v) is 3.74. The summed E-state index contributed by atoms with van der Waals surface area (Å²) in [5, 5.41) is 6.71. The van der Waals surface area contributed by atoms with Crippen molar-refractivity contribution in [3.05, 3.63) is 51.5 Å². The van der Waals surface area contributed by atoms with Crippen LogP contribution in [0.1, 0.15) is 17.7 Å². The summed E-state index contributed by atoms with van der Waals surface area (Å²) in [5.41, 5.74) is 0.811. The molecule has 1 aliphatic carbocycles. The highest BCUT2D eigenvalue weighted by Gasteiger charge is 2.30. The van der Waals surface area contributed by atoms with Gasteiger partial charge in [0.1, 0.15) is 5.75 Å². The van der Waals surface area contributed by atoms with E-state index < -0.39 is 0 Å². The number of para-hydroxylation sites is 1. The topological polar surface area (TPSA) is 43.4 Å². The number of nitrogens with zero attached hydrogens (tertiary/aromatic N) is 3. The first-order chi connectivity index (χ1) is 12.2. The van der Waals surface area contributed by atoms with Gasteiger partial charge in [0.25, 0.3) is 10.7 Å². The Labute approximate surface area is 155 Å². The van der Waals surface area contributed by atoms with Gasteiger partial charge in [0.15, 0.2) is 0 Å². The predicted molar refractivity (Wildman–Crippen MR) is 100 cm³/mol. The highest BCUT2D eigenvalue weighted by molar-refractivity contribution is 7.71. The molecule has 0 amide bonds. The van der Waals surface area contributed by atoms with Crippen LogP contribution in [-0.4, -0.2) is 27.8 Å². The van der Waals surface area contributed by atoms with Crippen molar-refractivity contribution in [2.45, 2.75) is 32.1 Å². The van der Waals surface area contributed by atoms with E-state index in [9.17, 15) is 0 Å². The zero-order valence-corrected chi connectivity index (χ0v) is 15.6. The Morgan fingerprint density at radius 1 is 1.32 bits per heavy atom. The molecule has 5 nitrogen and oxygen atoms in total. The van der Waals surface area contributed by atoms with Crippen LogP contribution in [0.2, 0.25) is 0 Å². The summed E-state index contributed by atoms with van der Waals surface area (Å²) >= 11 is 7.18. The predicted octanol–water partition coefficient (Wildman–Crippen LogP) is 4.56. The van der Waals surface area contributed by atoms with Gasteiger partial charge in [-0.15, -0.1) is 16.4 Å². The Balaban J connectivity index is 1.58. The van der Waals surface area contributed by atoms with Crippen LogP contribution in [0, 0.1) is 4.84 Å². The molecule has 7 heteroatoms. The molecule has 0 unspecified atom stereocenters. The van der Waals surface area contributed by atoms with Gasteiger partial charge in [-0.2, -0.15) is 0 Å². The molecule has 25 heavy (non-hydrogen) atoms. The molecule has 0 bridgehead atoms. The number of hydrogen-bond acceptors (Lipinski definition) is 6. The summed E-state index contributed by atoms with van der Waals surface area (Å²) in [7, 11) is 1.64. The van der Waals surface area contributed by atoms with E-state index in [1.54, 1.807) is 23.1 Å². The molecule has 2 aromatic heterocycles. The Kier molecular flexibility index (Phi) is 4.70. The summed E-state index contributed by atoms with van der Waals surface area (Å²) in [5.74, 6) is 1.22. The molecular formula is C18H19N3O2S2. The molecule has 1 aromatic carbocycles. The third-order valence-electron chi connectivity index (χ3n) is 4.26. The molecule has 1 aliphatic rings. The maximum atomic E-state index is 5.74. The maximum absolute atomic E-state index is 5.74. The summed E-state index contributed by atoms with van der Waals surface area (Å²) < 4.78 is 12.9. The standard InChI is InChI=1S/C18H19N3O2S2/c1-22-16-7-3-2-6-15(16)17-19-21(18(24)23-17)12-20(13-8-9-13)11-14-5-4-10-25-14/h2-7,10,13H,8-9,11-12H2,1H3. The lowest BCUT2D eigenvalue weighted by molar-refractivity contribution is 0.186. The van der Waals surface area contributed by atoms with Crippen LogP contribution in [0.15, 0.2) is 46.2 Å². The number of thiophene rings is 1. The second-order valence-electron chi connectivity index (χ2n) is 6.07. The smallest absolute Gasteiger partial charge is 0.288 e. The minimum Gasteiger partial charge on any atom is -0.496 e. The molecule has 0 atom stereocenters. The van der Waals surface area contributed by atoms with Crippen LogP contribution < -0.4 is 4.74 Å². The molecular weight excluding hydrogens is 354 g/mol. The van der Waals surface area contributed by atoms with E-state index in [4.69, 9.17) is 21.4 Å². The Morgan fingerprint density at radius 2 is 2.16 bits per heavy atom. The van der Waals surface area contributed by atoms with Crippen LogP contribution >= 0.6 is 23.6 Å². The highest BCUT2D eigenvalue weighted by atomic mass is 32.1. The van der Waals surface area contributed by atoms with E-state index in [2.05, 4.69) is 27.5 Å². The first-order valence-corrected chi connectivity index (χ1v) is 9.51. The van der Waals surface area contributed by atoms with Crippen molar-refractivity contribution in [1.82, 2.24) is 14.7 Å². The van der Waals surface area contributed by atoms with Crippen LogP contribution in [-0.2, 0) is 13.2 Å². The van der Waals surface area contributed by atoms with Gasteiger partial charge in [-0.1, -0.05) is 18.2 Å². The van der Waals surface area contributed by atoms with Gasteiger partial charge in [0.05, 0.1) is 19.3 Å². The van der Waals surface area contributed by atoms with Gasteiger partial charge in [-0.05, 0) is 48.6 Å². The van der Waals surface area contributed by atoms with Gasteiger partial charge in [-0.25, -0.2) is 4.68 Å². The number of benzene rings is 1. The summed E-state index contributed by atoms with van der Waals surface area (Å²) in [6.45, 7) is 1.56. The first-order valence-electron chi connectivity index (χ1n) is 8.22. The second-order valence-corrected chi connectivity index (χ2v) is 7.45. The molecule has 0 aliphatic heterocycles. The van der Waals surface area contributed by atoms with Crippen molar-refractivity contribution in [2.24, 2.45) is 0 Å². The molecule has 0 radical (unpaired) electrons. The fourth-order valence-electron chi connectivity index (χ4n) is 2.83. The van der Waals surface area contributed by atoms with Crippen LogP contribution in [0.3, 0.4) is 0 Å². The molecule has 1 saturated carbocycles. The number of rotatable bonds is 7. The fraction of sp³-hybridized carbons (Fsp3) is 0.333. The van der Waals surface area contributed by atoms with Crippen molar-refractivity contribution >= 4 is 23.6 Å². The van der Waals surface area contributed by atoms with Crippen molar-refractivity contribution < 1.29 is 9.15 Å². The average Bonchev–Trinajstić information content (AvgIpc) is 3.24. The number of aromatic nitrogens is 2. The van der Waals surface area contributed by atoms with Gasteiger partial charge < -0.3 is 9.15 Å². The lowest BCUT2D eigenvalue weighted by atomic mass is 10.2. The van der Waals surface area contributed by atoms with Gasteiger partial charge in [0, 0.05) is 17.5 Å². The molecule has 3 aromatic rings. The van der Waals surface area contributed by atoms with Crippen molar-refractivity contribution in [3.63, 3.8) is 0 Å². The normalized spacial score (nSPS) is 14.2. The highest BCUT2D eigenvalue weighted by Crippen LogP contribution is 2.31. The van der Waals surface area contributed by atoms with Crippen LogP contribution in [0.25, 0.3) is 11.5 Å². The van der Waals surface area contributed by atoms with Crippen LogP contribution in [0.5, 0.6) is 5.75 Å². The van der Waals surface area contributed by atoms with E-state index in [0.717, 1.165) is 17.9 Å². The van der Waals surface area contributed by atoms with Crippen molar-refractivity contribution in [1.29, 1.82) is 0 Å². The minimum absolute atomic E-state index is 0.387. The molecule has 0 spiro atoms. The Hall–Kier alpha value is -1.96. The maximum Gasteiger partial charge on any atom is 0.288 e. The number of methoxy groups -OCH3 is 1. The third kappa shape index (κ3) is 3.68. The number of ether oxygens (including phenoxy) is 1. The molecule has 1 fully saturated rings. The largest absolute Gasteiger partial charge is 0.496 e. The quantitative estimate of drug-likeness (QED) is 0.568. The Bertz CT molecular complexity index is 897. The molecule has 130 valence electrons. The van der Waals surface area contributed by atoms with Crippen molar-refractivity contribution in [3.8, 4) is 17.2 Å². The van der Waals surface area contributed by atoms with Crippen molar-refractivity contribution in [2.75, 3.05) is 7.11 Å². The zero-order valence-electron chi connectivity index (χ0n) is 13.9. The van der Waals surface area contributed by atoms with Gasteiger partial charge >= 0.3 is 0 Å². The molecule has 0 saturated heterocycles. The summed E-state index contributed by atoms with van der Waals surface area (Å²) in [4.78, 5) is 4.15. The lowest BCUT2D eigenvalue weighted by Gasteiger charge is -2.20. The molecule has 2 heterocycles. The van der Waals surface area contributed by atoms with E-state index in [1.807, 2.05) is 24.3 Å². The van der Waals surface area contributed by atoms with E-state index >= 15 is 0 Å². The first kappa shape index (κ1) is 16.5. The SMILES string of the molecule is COc1ccccc1-c1nn(CN(Cc2cccs2)C2CC2)c(=S)o1. The van der Waals surface area contributed by atoms with Gasteiger partial charge in [0.2, 0.25) is 0 Å². The Morgan fingerprint density at radius 3 is 2.88 bits per heavy atom. The van der Waals surface area contributed by atoms with E-state index in [-0.39, 0.29) is 0 Å². The van der Waals surface area contributed by atoms with Crippen LogP contribution in [0.4, 0.5) is 0 Å². The lowest BCUT2D eigenvalue weighted by Crippen LogP contribution is -2.28. The van der Waals surface area contributed by atoms with Gasteiger partial charge in [-0.3, -0.25) is 4.90 Å². The van der Waals surface area contributed by atoms with E-state index in [1.165, 1.54) is 17.7 Å². The number of hydrogen-bond donors (Lipinski definition) is 0. The molecule has 4 rings (SSSR count). The molecule has 0 N–H and O–H groups in total. The second kappa shape index (κ2) is 7.11. The minimum atomic E-state index is 0.387. The monoisotopic (exact) mass is 373 g/mol. The summed E-state index contributed by atoms with van der Waals surface area (Å²) in [6.07, 6.45) is 2.46. The third-order valence-corrected chi connectivity index (χ3v) is 5.42. The van der Waals surface area contributed by atoms with E-state index in [0.29, 0.717) is 23.4 Å².